The van der Waals surface area contributed by atoms with Crippen LogP contribution < -0.4 is 19.5 Å². The van der Waals surface area contributed by atoms with Gasteiger partial charge in [-0.15, -0.1) is 0 Å². The molecule has 1 N–H and O–H groups in total. The Morgan fingerprint density at radius 2 is 1.94 bits per heavy atom. The number of carbonyl (C=O) groups excluding carboxylic acids is 1. The number of ether oxygens (including phenoxy) is 3. The molecule has 0 spiro atoms. The van der Waals surface area contributed by atoms with Crippen molar-refractivity contribution in [1.29, 1.82) is 0 Å². The molecule has 1 fully saturated rings. The van der Waals surface area contributed by atoms with Crippen molar-refractivity contribution in [1.82, 2.24) is 10.3 Å². The maximum Gasteiger partial charge on any atom is 0.231 e. The van der Waals surface area contributed by atoms with Crippen LogP contribution in [-0.2, 0) is 17.8 Å². The van der Waals surface area contributed by atoms with Crippen molar-refractivity contribution in [2.45, 2.75) is 44.6 Å². The van der Waals surface area contributed by atoms with E-state index in [4.69, 9.17) is 14.2 Å². The molecule has 0 saturated heterocycles. The standard InChI is InChI=1S/C28H29FN2O4/c29-25-10-8-19(13-21(25)14-28(32)31-16-22-6-3-4-12-30-22)24-7-2-1-5-20(24)17-33-23-9-11-26-27(15-23)35-18-34-26/h3-4,6,8-13,15,20,24H,1-2,5,7,14,16-18H2,(H,31,32)/t20-,24-/m0/s1. The molecular weight excluding hydrogens is 447 g/mol. The predicted octanol–water partition coefficient (Wildman–Crippen LogP) is 5.16. The molecule has 35 heavy (non-hydrogen) atoms. The van der Waals surface area contributed by atoms with Gasteiger partial charge < -0.3 is 19.5 Å². The molecule has 7 heteroatoms. The fourth-order valence-electron chi connectivity index (χ4n) is 4.90. The van der Waals surface area contributed by atoms with E-state index in [9.17, 15) is 9.18 Å². The number of halogens is 1. The summed E-state index contributed by atoms with van der Waals surface area (Å²) in [6, 6.07) is 16.4. The molecule has 1 aromatic heterocycles. The van der Waals surface area contributed by atoms with Crippen LogP contribution in [0.4, 0.5) is 4.39 Å². The van der Waals surface area contributed by atoms with E-state index in [0.717, 1.165) is 48.4 Å². The van der Waals surface area contributed by atoms with Crippen LogP contribution in [-0.4, -0.2) is 24.3 Å². The van der Waals surface area contributed by atoms with Gasteiger partial charge in [-0.3, -0.25) is 9.78 Å². The van der Waals surface area contributed by atoms with Gasteiger partial charge in [0, 0.05) is 12.3 Å². The number of nitrogens with one attached hydrogen (secondary N) is 1. The van der Waals surface area contributed by atoms with E-state index in [1.807, 2.05) is 48.5 Å². The lowest BCUT2D eigenvalue weighted by Crippen LogP contribution is -2.26. The molecule has 2 heterocycles. The summed E-state index contributed by atoms with van der Waals surface area (Å²) >= 11 is 0. The van der Waals surface area contributed by atoms with Gasteiger partial charge in [-0.1, -0.05) is 31.0 Å². The van der Waals surface area contributed by atoms with Crippen LogP contribution in [0.3, 0.4) is 0 Å². The summed E-state index contributed by atoms with van der Waals surface area (Å²) < 4.78 is 31.5. The topological polar surface area (TPSA) is 69.7 Å². The molecular formula is C28H29FN2O4. The van der Waals surface area contributed by atoms with Crippen molar-refractivity contribution in [3.05, 3.63) is 83.4 Å². The van der Waals surface area contributed by atoms with Gasteiger partial charge in [-0.05, 0) is 66.1 Å². The first-order valence-electron chi connectivity index (χ1n) is 12.1. The van der Waals surface area contributed by atoms with Crippen molar-refractivity contribution in [2.24, 2.45) is 5.92 Å². The molecule has 1 aliphatic heterocycles. The minimum Gasteiger partial charge on any atom is -0.493 e. The van der Waals surface area contributed by atoms with Gasteiger partial charge in [0.1, 0.15) is 11.6 Å². The lowest BCUT2D eigenvalue weighted by molar-refractivity contribution is -0.120. The Morgan fingerprint density at radius 3 is 2.83 bits per heavy atom. The number of nitrogens with zero attached hydrogens (tertiary/aromatic N) is 1. The van der Waals surface area contributed by atoms with Crippen molar-refractivity contribution >= 4 is 5.91 Å². The highest BCUT2D eigenvalue weighted by molar-refractivity contribution is 5.78. The zero-order valence-corrected chi connectivity index (χ0v) is 19.5. The van der Waals surface area contributed by atoms with Crippen molar-refractivity contribution in [3.8, 4) is 17.2 Å². The first-order chi connectivity index (χ1) is 17.2. The highest BCUT2D eigenvalue weighted by Gasteiger charge is 2.28. The second kappa shape index (κ2) is 10.8. The Hall–Kier alpha value is -3.61. The largest absolute Gasteiger partial charge is 0.493 e. The average Bonchev–Trinajstić information content (AvgIpc) is 3.36. The molecule has 182 valence electrons. The van der Waals surface area contributed by atoms with Gasteiger partial charge >= 0.3 is 0 Å². The molecule has 2 aromatic carbocycles. The van der Waals surface area contributed by atoms with Crippen molar-refractivity contribution in [3.63, 3.8) is 0 Å². The normalized spacial score (nSPS) is 18.8. The van der Waals surface area contributed by atoms with Crippen LogP contribution in [0.1, 0.15) is 48.4 Å². The number of carbonyl (C=O) groups is 1. The van der Waals surface area contributed by atoms with Crippen LogP contribution in [0.5, 0.6) is 17.2 Å². The Labute approximate surface area is 204 Å². The maximum absolute atomic E-state index is 14.6. The molecule has 1 aliphatic carbocycles. The third-order valence-electron chi connectivity index (χ3n) is 6.76. The molecule has 1 saturated carbocycles. The predicted molar refractivity (Wildman–Crippen MR) is 129 cm³/mol. The van der Waals surface area contributed by atoms with Gasteiger partial charge in [0.2, 0.25) is 12.7 Å². The molecule has 0 bridgehead atoms. The number of rotatable bonds is 8. The van der Waals surface area contributed by atoms with Gasteiger partial charge in [0.25, 0.3) is 0 Å². The van der Waals surface area contributed by atoms with Crippen LogP contribution in [0, 0.1) is 11.7 Å². The molecule has 5 rings (SSSR count). The van der Waals surface area contributed by atoms with E-state index in [1.54, 1.807) is 6.20 Å². The Morgan fingerprint density at radius 1 is 1.06 bits per heavy atom. The summed E-state index contributed by atoms with van der Waals surface area (Å²) in [6.07, 6.45) is 6.02. The van der Waals surface area contributed by atoms with Crippen molar-refractivity contribution in [2.75, 3.05) is 13.4 Å². The van der Waals surface area contributed by atoms with E-state index in [2.05, 4.69) is 10.3 Å². The number of aromatic nitrogens is 1. The van der Waals surface area contributed by atoms with Crippen LogP contribution in [0.2, 0.25) is 0 Å². The van der Waals surface area contributed by atoms with E-state index < -0.39 is 0 Å². The van der Waals surface area contributed by atoms with Gasteiger partial charge in [0.15, 0.2) is 11.5 Å². The fraction of sp³-hybridized carbons (Fsp3) is 0.357. The number of amides is 1. The number of benzene rings is 2. The van der Waals surface area contributed by atoms with Gasteiger partial charge in [-0.25, -0.2) is 4.39 Å². The van der Waals surface area contributed by atoms with E-state index in [0.29, 0.717) is 30.4 Å². The SMILES string of the molecule is O=C(Cc1cc([C@@H]2CCCC[C@H]2COc2ccc3c(c2)OCO3)ccc1F)NCc1ccccn1. The average molecular weight is 477 g/mol. The monoisotopic (exact) mass is 476 g/mol. The molecule has 0 unspecified atom stereocenters. The summed E-state index contributed by atoms with van der Waals surface area (Å²) in [5.74, 6) is 2.17. The lowest BCUT2D eigenvalue weighted by Gasteiger charge is -2.32. The number of pyridine rings is 1. The first-order valence-corrected chi connectivity index (χ1v) is 12.1. The molecule has 6 nitrogen and oxygen atoms in total. The number of hydrogen-bond acceptors (Lipinski definition) is 5. The Balaban J connectivity index is 1.23. The number of hydrogen-bond donors (Lipinski definition) is 1. The Bertz CT molecular complexity index is 1170. The van der Waals surface area contributed by atoms with Crippen LogP contribution >= 0.6 is 0 Å². The summed E-state index contributed by atoms with van der Waals surface area (Å²) in [6.45, 7) is 1.13. The number of fused-ring (bicyclic) bond motifs is 1. The second-order valence-corrected chi connectivity index (χ2v) is 9.10. The van der Waals surface area contributed by atoms with Gasteiger partial charge in [-0.2, -0.15) is 0 Å². The smallest absolute Gasteiger partial charge is 0.231 e. The Kier molecular flexibility index (Phi) is 7.12. The van der Waals surface area contributed by atoms with Crippen LogP contribution in [0.25, 0.3) is 0 Å². The fourth-order valence-corrected chi connectivity index (χ4v) is 4.90. The van der Waals surface area contributed by atoms with E-state index >= 15 is 0 Å². The van der Waals surface area contributed by atoms with E-state index in [-0.39, 0.29) is 30.9 Å². The van der Waals surface area contributed by atoms with Crippen molar-refractivity contribution < 1.29 is 23.4 Å². The highest BCUT2D eigenvalue weighted by atomic mass is 19.1. The molecule has 2 atom stereocenters. The quantitative estimate of drug-likeness (QED) is 0.486. The zero-order valence-electron chi connectivity index (χ0n) is 19.5. The summed E-state index contributed by atoms with van der Waals surface area (Å²) in [7, 11) is 0. The van der Waals surface area contributed by atoms with Crippen LogP contribution in [0.15, 0.2) is 60.8 Å². The minimum absolute atomic E-state index is 0.00239. The minimum atomic E-state index is -0.356. The molecule has 0 radical (unpaired) electrons. The highest BCUT2D eigenvalue weighted by Crippen LogP contribution is 2.40. The summed E-state index contributed by atoms with van der Waals surface area (Å²) in [5.41, 5.74) is 2.25. The molecule has 3 aromatic rings. The summed E-state index contributed by atoms with van der Waals surface area (Å²) in [5, 5.41) is 2.83. The van der Waals surface area contributed by atoms with E-state index in [1.165, 1.54) is 6.07 Å². The summed E-state index contributed by atoms with van der Waals surface area (Å²) in [4.78, 5) is 16.7. The molecule has 2 aliphatic rings. The lowest BCUT2D eigenvalue weighted by atomic mass is 9.75. The molecule has 1 amide bonds. The third kappa shape index (κ3) is 5.73. The first kappa shape index (κ1) is 23.1. The third-order valence-corrected chi connectivity index (χ3v) is 6.76. The van der Waals surface area contributed by atoms with Gasteiger partial charge in [0.05, 0.1) is 25.3 Å². The maximum atomic E-state index is 14.6. The zero-order chi connectivity index (χ0) is 24.0. The second-order valence-electron chi connectivity index (χ2n) is 9.10.